The molecule has 0 saturated carbocycles. The lowest BCUT2D eigenvalue weighted by Crippen LogP contribution is -2.44. The molecule has 23 heavy (non-hydrogen) atoms. The zero-order chi connectivity index (χ0) is 15.8. The number of aromatic nitrogens is 1. The molecule has 4 rings (SSSR count). The summed E-state index contributed by atoms with van der Waals surface area (Å²) in [6, 6.07) is 15.3. The lowest BCUT2D eigenvalue weighted by atomic mass is 10.2. The first kappa shape index (κ1) is 14.5. The van der Waals surface area contributed by atoms with Gasteiger partial charge in [0.25, 0.3) is 0 Å². The molecule has 0 amide bonds. The number of fused-ring (bicyclic) bond motifs is 1. The Morgan fingerprint density at radius 3 is 2.57 bits per heavy atom. The predicted molar refractivity (Wildman–Crippen MR) is 93.3 cm³/mol. The Bertz CT molecular complexity index is 853. The summed E-state index contributed by atoms with van der Waals surface area (Å²) >= 11 is 6.01. The van der Waals surface area contributed by atoms with Crippen LogP contribution in [0.25, 0.3) is 16.6 Å². The van der Waals surface area contributed by atoms with E-state index < -0.39 is 5.82 Å². The molecule has 0 atom stereocenters. The van der Waals surface area contributed by atoms with Crippen LogP contribution in [0.5, 0.6) is 0 Å². The van der Waals surface area contributed by atoms with Crippen LogP contribution in [-0.2, 0) is 0 Å². The third kappa shape index (κ3) is 2.58. The first-order valence-electron chi connectivity index (χ1n) is 7.75. The van der Waals surface area contributed by atoms with Gasteiger partial charge in [-0.05, 0) is 30.3 Å². The van der Waals surface area contributed by atoms with E-state index in [-0.39, 0.29) is 5.02 Å². The summed E-state index contributed by atoms with van der Waals surface area (Å²) < 4.78 is 15.7. The van der Waals surface area contributed by atoms with E-state index in [0.717, 1.165) is 43.2 Å². The number of hydrogen-bond acceptors (Lipinski definition) is 2. The highest BCUT2D eigenvalue weighted by molar-refractivity contribution is 6.30. The number of nitrogens with zero attached hydrogens (tertiary/aromatic N) is 2. The number of benzene rings is 2. The standard InChI is InChI=1S/C18H17ClFN3/c19-15-12-14(5-6-16(15)20)23-17-4-2-1-3-13(17)11-18(23)22-9-7-21-8-10-22/h1-6,11-12,21H,7-10H2. The summed E-state index contributed by atoms with van der Waals surface area (Å²) in [6.45, 7) is 3.83. The van der Waals surface area contributed by atoms with E-state index in [2.05, 4.69) is 33.0 Å². The highest BCUT2D eigenvalue weighted by atomic mass is 35.5. The van der Waals surface area contributed by atoms with Gasteiger partial charge in [0.05, 0.1) is 10.5 Å². The third-order valence-electron chi connectivity index (χ3n) is 4.29. The molecular formula is C18H17ClFN3. The maximum atomic E-state index is 13.5. The molecule has 2 heterocycles. The molecular weight excluding hydrogens is 313 g/mol. The Labute approximate surface area is 139 Å². The Kier molecular flexibility index (Phi) is 3.71. The molecule has 0 radical (unpaired) electrons. The SMILES string of the molecule is Fc1ccc(-n2c(N3CCNCC3)cc3ccccc32)cc1Cl. The van der Waals surface area contributed by atoms with Crippen LogP contribution in [0.15, 0.2) is 48.5 Å². The highest BCUT2D eigenvalue weighted by Crippen LogP contribution is 2.32. The predicted octanol–water partition coefficient (Wildman–Crippen LogP) is 3.83. The molecule has 1 aliphatic heterocycles. The van der Waals surface area contributed by atoms with Gasteiger partial charge in [0.15, 0.2) is 0 Å². The van der Waals surface area contributed by atoms with Crippen LogP contribution in [0.2, 0.25) is 5.02 Å². The second kappa shape index (κ2) is 5.87. The fourth-order valence-electron chi connectivity index (χ4n) is 3.16. The summed E-state index contributed by atoms with van der Waals surface area (Å²) in [5, 5.41) is 4.69. The maximum absolute atomic E-state index is 13.5. The average molecular weight is 330 g/mol. The Morgan fingerprint density at radius 1 is 1.00 bits per heavy atom. The topological polar surface area (TPSA) is 20.2 Å². The Balaban J connectivity index is 1.93. The summed E-state index contributed by atoms with van der Waals surface area (Å²) in [7, 11) is 0. The summed E-state index contributed by atoms with van der Waals surface area (Å²) in [4.78, 5) is 2.35. The van der Waals surface area contributed by atoms with Crippen molar-refractivity contribution in [2.45, 2.75) is 0 Å². The Hall–Kier alpha value is -2.04. The lowest BCUT2D eigenvalue weighted by Gasteiger charge is -2.30. The summed E-state index contributed by atoms with van der Waals surface area (Å²) in [5.41, 5.74) is 1.98. The molecule has 0 spiro atoms. The summed E-state index contributed by atoms with van der Waals surface area (Å²) in [5.74, 6) is 0.728. The number of halogens is 2. The minimum Gasteiger partial charge on any atom is -0.355 e. The van der Waals surface area contributed by atoms with Gasteiger partial charge in [-0.3, -0.25) is 4.57 Å². The van der Waals surface area contributed by atoms with Gasteiger partial charge in [0.1, 0.15) is 11.6 Å². The van der Waals surface area contributed by atoms with E-state index in [0.29, 0.717) is 0 Å². The van der Waals surface area contributed by atoms with E-state index in [1.54, 1.807) is 12.1 Å². The van der Waals surface area contributed by atoms with Crippen LogP contribution < -0.4 is 10.2 Å². The van der Waals surface area contributed by atoms with Crippen LogP contribution >= 0.6 is 11.6 Å². The third-order valence-corrected chi connectivity index (χ3v) is 4.58. The van der Waals surface area contributed by atoms with Gasteiger partial charge in [-0.1, -0.05) is 29.8 Å². The van der Waals surface area contributed by atoms with Gasteiger partial charge < -0.3 is 10.2 Å². The van der Waals surface area contributed by atoms with Gasteiger partial charge in [-0.15, -0.1) is 0 Å². The number of piperazine rings is 1. The van der Waals surface area contributed by atoms with E-state index in [4.69, 9.17) is 11.6 Å². The van der Waals surface area contributed by atoms with Crippen molar-refractivity contribution in [3.8, 4) is 5.69 Å². The molecule has 3 aromatic rings. The van der Waals surface area contributed by atoms with Gasteiger partial charge >= 0.3 is 0 Å². The molecule has 0 bridgehead atoms. The lowest BCUT2D eigenvalue weighted by molar-refractivity contribution is 0.583. The largest absolute Gasteiger partial charge is 0.355 e. The first-order valence-corrected chi connectivity index (χ1v) is 8.13. The molecule has 1 fully saturated rings. The molecule has 1 saturated heterocycles. The van der Waals surface area contributed by atoms with Crippen molar-refractivity contribution in [3.05, 3.63) is 59.4 Å². The van der Waals surface area contributed by atoms with Crippen LogP contribution in [0.3, 0.4) is 0 Å². The van der Waals surface area contributed by atoms with Crippen molar-refractivity contribution in [2.75, 3.05) is 31.1 Å². The second-order valence-electron chi connectivity index (χ2n) is 5.73. The van der Waals surface area contributed by atoms with Gasteiger partial charge in [-0.25, -0.2) is 4.39 Å². The van der Waals surface area contributed by atoms with Crippen LogP contribution in [0, 0.1) is 5.82 Å². The molecule has 1 aliphatic rings. The van der Waals surface area contributed by atoms with Crippen LogP contribution in [-0.4, -0.2) is 30.7 Å². The number of para-hydroxylation sites is 1. The fourth-order valence-corrected chi connectivity index (χ4v) is 3.34. The van der Waals surface area contributed by atoms with Crippen molar-refractivity contribution < 1.29 is 4.39 Å². The first-order chi connectivity index (χ1) is 11.2. The Morgan fingerprint density at radius 2 is 1.78 bits per heavy atom. The van der Waals surface area contributed by atoms with Crippen LogP contribution in [0.1, 0.15) is 0 Å². The highest BCUT2D eigenvalue weighted by Gasteiger charge is 2.18. The molecule has 1 aromatic heterocycles. The number of rotatable bonds is 2. The van der Waals surface area contributed by atoms with E-state index in [9.17, 15) is 4.39 Å². The number of hydrogen-bond donors (Lipinski definition) is 1. The monoisotopic (exact) mass is 329 g/mol. The zero-order valence-electron chi connectivity index (χ0n) is 12.6. The minimum atomic E-state index is -0.393. The molecule has 1 N–H and O–H groups in total. The second-order valence-corrected chi connectivity index (χ2v) is 6.14. The molecule has 2 aromatic carbocycles. The van der Waals surface area contributed by atoms with E-state index in [1.165, 1.54) is 11.5 Å². The molecule has 0 aliphatic carbocycles. The minimum absolute atomic E-state index is 0.145. The van der Waals surface area contributed by atoms with Gasteiger partial charge in [0.2, 0.25) is 0 Å². The maximum Gasteiger partial charge on any atom is 0.141 e. The smallest absolute Gasteiger partial charge is 0.141 e. The van der Waals surface area contributed by atoms with Crippen molar-refractivity contribution >= 4 is 28.3 Å². The van der Waals surface area contributed by atoms with Crippen molar-refractivity contribution in [1.29, 1.82) is 0 Å². The average Bonchev–Trinajstić information content (AvgIpc) is 2.98. The molecule has 0 unspecified atom stereocenters. The molecule has 5 heteroatoms. The zero-order valence-corrected chi connectivity index (χ0v) is 13.4. The fraction of sp³-hybridized carbons (Fsp3) is 0.222. The van der Waals surface area contributed by atoms with Crippen molar-refractivity contribution in [1.82, 2.24) is 9.88 Å². The molecule has 118 valence electrons. The van der Waals surface area contributed by atoms with Gasteiger partial charge in [-0.2, -0.15) is 0 Å². The summed E-state index contributed by atoms with van der Waals surface area (Å²) in [6.07, 6.45) is 0. The van der Waals surface area contributed by atoms with Crippen molar-refractivity contribution in [3.63, 3.8) is 0 Å². The molecule has 3 nitrogen and oxygen atoms in total. The quantitative estimate of drug-likeness (QED) is 0.771. The van der Waals surface area contributed by atoms with E-state index in [1.807, 2.05) is 12.1 Å². The number of nitrogens with one attached hydrogen (secondary N) is 1. The van der Waals surface area contributed by atoms with Crippen LogP contribution in [0.4, 0.5) is 10.2 Å². The van der Waals surface area contributed by atoms with E-state index >= 15 is 0 Å². The normalized spacial score (nSPS) is 15.3. The van der Waals surface area contributed by atoms with Crippen molar-refractivity contribution in [2.24, 2.45) is 0 Å². The number of anilines is 1. The van der Waals surface area contributed by atoms with Gasteiger partial charge in [0, 0.05) is 37.3 Å².